The van der Waals surface area contributed by atoms with Crippen molar-refractivity contribution in [3.8, 4) is 23.0 Å². The summed E-state index contributed by atoms with van der Waals surface area (Å²) in [7, 11) is 4.34. The first-order valence-corrected chi connectivity index (χ1v) is 9.75. The zero-order valence-electron chi connectivity index (χ0n) is 17.8. The standard InChI is InChI=1S/C23H25NO7/c1-5-10-24-20(13-6-8-18(31-4)16(25)11-13)19(22(27)23(24)28)21(26)15-12-14(29-2)7-9-17(15)30-3/h6-9,11-12,20,25-26H,5,10H2,1-4H3/b21-19+. The molecule has 8 heteroatoms. The van der Waals surface area contributed by atoms with E-state index in [1.165, 1.54) is 38.4 Å². The molecule has 31 heavy (non-hydrogen) atoms. The molecule has 1 fully saturated rings. The van der Waals surface area contributed by atoms with E-state index >= 15 is 0 Å². The molecule has 1 heterocycles. The van der Waals surface area contributed by atoms with Crippen LogP contribution in [0, 0.1) is 0 Å². The molecule has 3 rings (SSSR count). The number of nitrogens with zero attached hydrogens (tertiary/aromatic N) is 1. The van der Waals surface area contributed by atoms with Crippen LogP contribution >= 0.6 is 0 Å². The highest BCUT2D eigenvalue weighted by Crippen LogP contribution is 2.43. The average molecular weight is 427 g/mol. The maximum Gasteiger partial charge on any atom is 0.295 e. The molecule has 1 amide bonds. The van der Waals surface area contributed by atoms with Crippen molar-refractivity contribution in [3.05, 3.63) is 53.1 Å². The highest BCUT2D eigenvalue weighted by atomic mass is 16.5. The number of amides is 1. The van der Waals surface area contributed by atoms with E-state index in [2.05, 4.69) is 0 Å². The molecule has 1 saturated heterocycles. The molecule has 1 unspecified atom stereocenters. The highest BCUT2D eigenvalue weighted by molar-refractivity contribution is 6.46. The van der Waals surface area contributed by atoms with Crippen LogP contribution in [0.2, 0.25) is 0 Å². The molecule has 1 aliphatic rings. The third kappa shape index (κ3) is 3.88. The maximum atomic E-state index is 13.0. The fraction of sp³-hybridized carbons (Fsp3) is 0.304. The van der Waals surface area contributed by atoms with E-state index in [1.54, 1.807) is 24.3 Å². The fourth-order valence-corrected chi connectivity index (χ4v) is 3.72. The third-order valence-corrected chi connectivity index (χ3v) is 5.18. The summed E-state index contributed by atoms with van der Waals surface area (Å²) in [6.45, 7) is 2.18. The first-order valence-electron chi connectivity index (χ1n) is 9.75. The second-order valence-electron chi connectivity index (χ2n) is 6.99. The lowest BCUT2D eigenvalue weighted by molar-refractivity contribution is -0.139. The number of carbonyl (C=O) groups excluding carboxylic acids is 2. The average Bonchev–Trinajstić information content (AvgIpc) is 3.03. The Balaban J connectivity index is 2.26. The van der Waals surface area contributed by atoms with Crippen LogP contribution in [-0.4, -0.2) is 54.7 Å². The van der Waals surface area contributed by atoms with Gasteiger partial charge < -0.3 is 29.3 Å². The molecule has 2 aromatic rings. The van der Waals surface area contributed by atoms with E-state index in [0.29, 0.717) is 30.0 Å². The number of methoxy groups -OCH3 is 3. The van der Waals surface area contributed by atoms with Gasteiger partial charge in [-0.25, -0.2) is 0 Å². The number of benzene rings is 2. The summed E-state index contributed by atoms with van der Waals surface area (Å²) < 4.78 is 15.7. The number of rotatable bonds is 7. The van der Waals surface area contributed by atoms with Crippen molar-refractivity contribution in [1.82, 2.24) is 4.90 Å². The van der Waals surface area contributed by atoms with Crippen LogP contribution in [-0.2, 0) is 9.59 Å². The molecule has 0 aromatic heterocycles. The van der Waals surface area contributed by atoms with Crippen molar-refractivity contribution >= 4 is 17.4 Å². The number of aliphatic hydroxyl groups is 1. The van der Waals surface area contributed by atoms with E-state index in [9.17, 15) is 19.8 Å². The van der Waals surface area contributed by atoms with Gasteiger partial charge in [0.15, 0.2) is 11.5 Å². The number of hydrogen-bond donors (Lipinski definition) is 2. The van der Waals surface area contributed by atoms with Crippen molar-refractivity contribution in [1.29, 1.82) is 0 Å². The summed E-state index contributed by atoms with van der Waals surface area (Å²) in [5.74, 6) is -1.03. The largest absolute Gasteiger partial charge is 0.507 e. The predicted molar refractivity (Wildman–Crippen MR) is 114 cm³/mol. The van der Waals surface area contributed by atoms with Crippen LogP contribution < -0.4 is 14.2 Å². The summed E-state index contributed by atoms with van der Waals surface area (Å²) in [5.41, 5.74) is 0.600. The van der Waals surface area contributed by atoms with Crippen molar-refractivity contribution in [3.63, 3.8) is 0 Å². The lowest BCUT2D eigenvalue weighted by atomic mass is 9.94. The number of ether oxygens (including phenoxy) is 3. The van der Waals surface area contributed by atoms with Gasteiger partial charge in [0.05, 0.1) is 38.5 Å². The van der Waals surface area contributed by atoms with Crippen molar-refractivity contribution in [2.24, 2.45) is 0 Å². The topological polar surface area (TPSA) is 106 Å². The van der Waals surface area contributed by atoms with Crippen LogP contribution in [0.15, 0.2) is 42.0 Å². The molecule has 8 nitrogen and oxygen atoms in total. The van der Waals surface area contributed by atoms with Crippen LogP contribution in [0.3, 0.4) is 0 Å². The minimum atomic E-state index is -0.882. The van der Waals surface area contributed by atoms with Gasteiger partial charge in [0.1, 0.15) is 17.3 Å². The molecule has 0 aliphatic carbocycles. The summed E-state index contributed by atoms with van der Waals surface area (Å²) in [6.07, 6.45) is 0.605. The van der Waals surface area contributed by atoms with Crippen molar-refractivity contribution in [2.75, 3.05) is 27.9 Å². The van der Waals surface area contributed by atoms with Crippen LogP contribution in [0.25, 0.3) is 5.76 Å². The molecule has 0 radical (unpaired) electrons. The number of likely N-dealkylation sites (tertiary alicyclic amines) is 1. The maximum absolute atomic E-state index is 13.0. The molecule has 164 valence electrons. The lowest BCUT2D eigenvalue weighted by Gasteiger charge is -2.25. The quantitative estimate of drug-likeness (QED) is 0.397. The first-order chi connectivity index (χ1) is 14.9. The van der Waals surface area contributed by atoms with Gasteiger partial charge in [-0.2, -0.15) is 0 Å². The second kappa shape index (κ2) is 8.99. The Morgan fingerprint density at radius 2 is 1.68 bits per heavy atom. The highest BCUT2D eigenvalue weighted by Gasteiger charge is 2.46. The summed E-state index contributed by atoms with van der Waals surface area (Å²) in [4.78, 5) is 27.2. The van der Waals surface area contributed by atoms with Gasteiger partial charge in [0, 0.05) is 6.54 Å². The lowest BCUT2D eigenvalue weighted by Crippen LogP contribution is -2.30. The van der Waals surface area contributed by atoms with E-state index in [-0.39, 0.29) is 28.4 Å². The van der Waals surface area contributed by atoms with Gasteiger partial charge in [-0.15, -0.1) is 0 Å². The third-order valence-electron chi connectivity index (χ3n) is 5.18. The van der Waals surface area contributed by atoms with Gasteiger partial charge in [0.25, 0.3) is 11.7 Å². The van der Waals surface area contributed by atoms with Crippen molar-refractivity contribution < 1.29 is 34.0 Å². The summed E-state index contributed by atoms with van der Waals surface area (Å²) >= 11 is 0. The van der Waals surface area contributed by atoms with Crippen LogP contribution in [0.1, 0.15) is 30.5 Å². The molecule has 0 bridgehead atoms. The number of phenols is 1. The summed E-state index contributed by atoms with van der Waals surface area (Å²) in [5, 5.41) is 21.4. The number of phenolic OH excluding ortho intramolecular Hbond substituents is 1. The molecule has 1 aliphatic heterocycles. The molecular formula is C23H25NO7. The fourth-order valence-electron chi connectivity index (χ4n) is 3.72. The number of aliphatic hydroxyl groups excluding tert-OH is 1. The van der Waals surface area contributed by atoms with Gasteiger partial charge in [-0.1, -0.05) is 13.0 Å². The Morgan fingerprint density at radius 1 is 1.00 bits per heavy atom. The van der Waals surface area contributed by atoms with Crippen LogP contribution in [0.5, 0.6) is 23.0 Å². The number of aromatic hydroxyl groups is 1. The van der Waals surface area contributed by atoms with Gasteiger partial charge in [0.2, 0.25) is 0 Å². The zero-order valence-corrected chi connectivity index (χ0v) is 17.8. The van der Waals surface area contributed by atoms with Crippen LogP contribution in [0.4, 0.5) is 0 Å². The number of Topliss-reactive ketones (excluding diaryl/α,β-unsaturated/α-hetero) is 1. The summed E-state index contributed by atoms with van der Waals surface area (Å²) in [6, 6.07) is 8.52. The van der Waals surface area contributed by atoms with E-state index < -0.39 is 17.7 Å². The monoisotopic (exact) mass is 427 g/mol. The second-order valence-corrected chi connectivity index (χ2v) is 6.99. The Bertz CT molecular complexity index is 1040. The van der Waals surface area contributed by atoms with Gasteiger partial charge in [-0.3, -0.25) is 9.59 Å². The minimum absolute atomic E-state index is 0.0884. The van der Waals surface area contributed by atoms with E-state index in [0.717, 1.165) is 0 Å². The molecule has 1 atom stereocenters. The van der Waals surface area contributed by atoms with Gasteiger partial charge in [-0.05, 0) is 42.3 Å². The molecule has 2 N–H and O–H groups in total. The van der Waals surface area contributed by atoms with E-state index in [4.69, 9.17) is 14.2 Å². The van der Waals surface area contributed by atoms with Crippen molar-refractivity contribution in [2.45, 2.75) is 19.4 Å². The SMILES string of the molecule is CCCN1C(=O)C(=O)/C(=C(/O)c2cc(OC)ccc2OC)C1c1ccc(OC)c(O)c1. The molecule has 0 spiro atoms. The number of carbonyl (C=O) groups is 2. The Morgan fingerprint density at radius 3 is 2.26 bits per heavy atom. The van der Waals surface area contributed by atoms with Gasteiger partial charge >= 0.3 is 0 Å². The first kappa shape index (κ1) is 22.0. The normalized spacial score (nSPS) is 17.7. The molecule has 0 saturated carbocycles. The zero-order chi connectivity index (χ0) is 22.7. The predicted octanol–water partition coefficient (Wildman–Crippen LogP) is 3.25. The van der Waals surface area contributed by atoms with E-state index in [1.807, 2.05) is 6.92 Å². The number of hydrogen-bond acceptors (Lipinski definition) is 7. The minimum Gasteiger partial charge on any atom is -0.507 e. The Hall–Kier alpha value is -3.68. The number of ketones is 1. The Labute approximate surface area is 180 Å². The Kier molecular flexibility index (Phi) is 6.39. The smallest absolute Gasteiger partial charge is 0.295 e. The molecular weight excluding hydrogens is 402 g/mol. The molecule has 2 aromatic carbocycles.